The van der Waals surface area contributed by atoms with Gasteiger partial charge in [-0.2, -0.15) is 0 Å². The Morgan fingerprint density at radius 2 is 1.69 bits per heavy atom. The van der Waals surface area contributed by atoms with Gasteiger partial charge in [0.1, 0.15) is 0 Å². The highest BCUT2D eigenvalue weighted by molar-refractivity contribution is 9.11. The molecule has 0 bridgehead atoms. The number of rotatable bonds is 3. The van der Waals surface area contributed by atoms with Crippen molar-refractivity contribution >= 4 is 77.6 Å². The second-order valence-electron chi connectivity index (χ2n) is 6.28. The normalized spacial score (nSPS) is 10.9. The van der Waals surface area contributed by atoms with Crippen molar-refractivity contribution < 1.29 is 4.79 Å². The summed E-state index contributed by atoms with van der Waals surface area (Å²) < 4.78 is 1.70. The highest BCUT2D eigenvalue weighted by Crippen LogP contribution is 2.31. The number of halogens is 4. The van der Waals surface area contributed by atoms with Crippen molar-refractivity contribution in [2.75, 3.05) is 5.32 Å². The van der Waals surface area contributed by atoms with E-state index in [0.29, 0.717) is 27.0 Å². The van der Waals surface area contributed by atoms with Gasteiger partial charge in [0.15, 0.2) is 0 Å². The Morgan fingerprint density at radius 3 is 2.45 bits per heavy atom. The van der Waals surface area contributed by atoms with Crippen molar-refractivity contribution in [1.29, 1.82) is 0 Å². The van der Waals surface area contributed by atoms with E-state index in [1.807, 2.05) is 48.5 Å². The van der Waals surface area contributed by atoms with Crippen LogP contribution < -0.4 is 5.32 Å². The maximum absolute atomic E-state index is 13.2. The van der Waals surface area contributed by atoms with Gasteiger partial charge in [-0.25, -0.2) is 4.98 Å². The van der Waals surface area contributed by atoms with Gasteiger partial charge in [-0.05, 0) is 58.4 Å². The van der Waals surface area contributed by atoms with E-state index in [4.69, 9.17) is 28.2 Å². The minimum Gasteiger partial charge on any atom is -0.321 e. The predicted molar refractivity (Wildman–Crippen MR) is 127 cm³/mol. The van der Waals surface area contributed by atoms with E-state index >= 15 is 0 Å². The number of para-hydroxylation sites is 1. The first kappa shape index (κ1) is 20.4. The SMILES string of the molecule is O=C(Nc1ccc(Br)cc1Br)c1cc(-c2ccc(Cl)c(Cl)c2)nc2ccccc12. The quantitative estimate of drug-likeness (QED) is 0.281. The maximum atomic E-state index is 13.2. The molecule has 0 aliphatic heterocycles. The molecular weight excluding hydrogens is 539 g/mol. The predicted octanol–water partition coefficient (Wildman–Crippen LogP) is 7.99. The first-order chi connectivity index (χ1) is 13.9. The van der Waals surface area contributed by atoms with Crippen LogP contribution in [0.25, 0.3) is 22.2 Å². The van der Waals surface area contributed by atoms with Crippen molar-refractivity contribution in [3.05, 3.63) is 91.3 Å². The second kappa shape index (κ2) is 8.44. The van der Waals surface area contributed by atoms with Gasteiger partial charge < -0.3 is 5.32 Å². The van der Waals surface area contributed by atoms with Gasteiger partial charge in [-0.1, -0.05) is 63.4 Å². The molecule has 1 amide bonds. The molecule has 0 saturated carbocycles. The number of fused-ring (bicyclic) bond motifs is 1. The first-order valence-electron chi connectivity index (χ1n) is 8.54. The maximum Gasteiger partial charge on any atom is 0.256 e. The summed E-state index contributed by atoms with van der Waals surface area (Å²) in [6, 6.07) is 20.2. The Morgan fingerprint density at radius 1 is 0.897 bits per heavy atom. The summed E-state index contributed by atoms with van der Waals surface area (Å²) in [7, 11) is 0. The molecule has 0 atom stereocenters. The molecule has 0 fully saturated rings. The summed E-state index contributed by atoms with van der Waals surface area (Å²) in [5.41, 5.74) is 3.34. The highest BCUT2D eigenvalue weighted by atomic mass is 79.9. The molecule has 0 spiro atoms. The van der Waals surface area contributed by atoms with Crippen LogP contribution in [0.15, 0.2) is 75.7 Å². The largest absolute Gasteiger partial charge is 0.321 e. The number of carbonyl (C=O) groups is 1. The van der Waals surface area contributed by atoms with Crippen LogP contribution in [0.3, 0.4) is 0 Å². The van der Waals surface area contributed by atoms with Gasteiger partial charge in [-0.3, -0.25) is 4.79 Å². The fourth-order valence-corrected chi connectivity index (χ4v) is 4.39. The smallest absolute Gasteiger partial charge is 0.256 e. The van der Waals surface area contributed by atoms with Gasteiger partial charge in [-0.15, -0.1) is 0 Å². The molecule has 144 valence electrons. The highest BCUT2D eigenvalue weighted by Gasteiger charge is 2.16. The number of anilines is 1. The van der Waals surface area contributed by atoms with E-state index in [2.05, 4.69) is 37.2 Å². The number of hydrogen-bond donors (Lipinski definition) is 1. The zero-order chi connectivity index (χ0) is 20.5. The number of pyridine rings is 1. The van der Waals surface area contributed by atoms with Gasteiger partial charge in [0, 0.05) is 19.9 Å². The topological polar surface area (TPSA) is 42.0 Å². The third-order valence-electron chi connectivity index (χ3n) is 4.36. The Balaban J connectivity index is 1.82. The van der Waals surface area contributed by atoms with Crippen molar-refractivity contribution in [2.45, 2.75) is 0 Å². The fourth-order valence-electron chi connectivity index (χ4n) is 2.95. The van der Waals surface area contributed by atoms with E-state index in [0.717, 1.165) is 25.4 Å². The Bertz CT molecular complexity index is 1260. The summed E-state index contributed by atoms with van der Waals surface area (Å²) in [6.45, 7) is 0. The van der Waals surface area contributed by atoms with Gasteiger partial charge >= 0.3 is 0 Å². The Hall–Kier alpha value is -1.92. The van der Waals surface area contributed by atoms with Crippen LogP contribution in [-0.2, 0) is 0 Å². The molecule has 3 nitrogen and oxygen atoms in total. The van der Waals surface area contributed by atoms with Crippen LogP contribution in [0.2, 0.25) is 10.0 Å². The van der Waals surface area contributed by atoms with Gasteiger partial charge in [0.2, 0.25) is 0 Å². The molecule has 0 radical (unpaired) electrons. The lowest BCUT2D eigenvalue weighted by atomic mass is 10.0. The molecule has 0 saturated heterocycles. The van der Waals surface area contributed by atoms with Crippen molar-refractivity contribution in [3.63, 3.8) is 0 Å². The minimum atomic E-state index is -0.229. The average molecular weight is 551 g/mol. The number of nitrogens with zero attached hydrogens (tertiary/aromatic N) is 1. The van der Waals surface area contributed by atoms with E-state index in [9.17, 15) is 4.79 Å². The summed E-state index contributed by atoms with van der Waals surface area (Å²) in [5.74, 6) is -0.229. The van der Waals surface area contributed by atoms with Crippen LogP contribution in [0.5, 0.6) is 0 Å². The molecule has 4 aromatic rings. The summed E-state index contributed by atoms with van der Waals surface area (Å²) >= 11 is 19.1. The van der Waals surface area contributed by atoms with Crippen molar-refractivity contribution in [1.82, 2.24) is 4.98 Å². The molecule has 1 heterocycles. The van der Waals surface area contributed by atoms with Crippen LogP contribution >= 0.6 is 55.1 Å². The van der Waals surface area contributed by atoms with E-state index < -0.39 is 0 Å². The molecule has 0 aliphatic carbocycles. The molecular formula is C22H12Br2Cl2N2O. The summed E-state index contributed by atoms with van der Waals surface area (Å²) in [4.78, 5) is 17.8. The molecule has 3 aromatic carbocycles. The summed E-state index contributed by atoms with van der Waals surface area (Å²) in [5, 5.41) is 4.63. The molecule has 1 N–H and O–H groups in total. The number of carbonyl (C=O) groups excluding carboxylic acids is 1. The Labute approximate surface area is 194 Å². The zero-order valence-corrected chi connectivity index (χ0v) is 19.4. The monoisotopic (exact) mass is 548 g/mol. The molecule has 0 aliphatic rings. The van der Waals surface area contributed by atoms with Crippen LogP contribution in [-0.4, -0.2) is 10.9 Å². The lowest BCUT2D eigenvalue weighted by molar-refractivity contribution is 0.102. The first-order valence-corrected chi connectivity index (χ1v) is 10.9. The Kier molecular flexibility index (Phi) is 5.93. The van der Waals surface area contributed by atoms with Crippen molar-refractivity contribution in [2.24, 2.45) is 0 Å². The molecule has 7 heteroatoms. The third-order valence-corrected chi connectivity index (χ3v) is 6.24. The number of aromatic nitrogens is 1. The molecule has 29 heavy (non-hydrogen) atoms. The van der Waals surface area contributed by atoms with E-state index in [1.54, 1.807) is 18.2 Å². The van der Waals surface area contributed by atoms with E-state index in [1.165, 1.54) is 0 Å². The van der Waals surface area contributed by atoms with E-state index in [-0.39, 0.29) is 5.91 Å². The standard InChI is InChI=1S/C22H12Br2Cl2N2O/c23-13-6-8-20(16(24)10-13)28-22(29)15-11-21(12-5-7-17(25)18(26)9-12)27-19-4-2-1-3-14(15)19/h1-11H,(H,28,29). The number of benzene rings is 3. The van der Waals surface area contributed by atoms with Crippen LogP contribution in [0.4, 0.5) is 5.69 Å². The second-order valence-corrected chi connectivity index (χ2v) is 8.86. The number of nitrogens with one attached hydrogen (secondary N) is 1. The van der Waals surface area contributed by atoms with Crippen molar-refractivity contribution in [3.8, 4) is 11.3 Å². The van der Waals surface area contributed by atoms with Gasteiger partial charge in [0.05, 0.1) is 32.5 Å². The number of hydrogen-bond acceptors (Lipinski definition) is 2. The third kappa shape index (κ3) is 4.33. The number of amides is 1. The zero-order valence-electron chi connectivity index (χ0n) is 14.7. The van der Waals surface area contributed by atoms with Crippen LogP contribution in [0.1, 0.15) is 10.4 Å². The lowest BCUT2D eigenvalue weighted by Gasteiger charge is -2.12. The minimum absolute atomic E-state index is 0.229. The fraction of sp³-hybridized carbons (Fsp3) is 0. The van der Waals surface area contributed by atoms with Crippen LogP contribution in [0, 0.1) is 0 Å². The lowest BCUT2D eigenvalue weighted by Crippen LogP contribution is -2.13. The van der Waals surface area contributed by atoms with Gasteiger partial charge in [0.25, 0.3) is 5.91 Å². The summed E-state index contributed by atoms with van der Waals surface area (Å²) in [6.07, 6.45) is 0. The molecule has 4 rings (SSSR count). The molecule has 1 aromatic heterocycles. The molecule has 0 unspecified atom stereocenters. The average Bonchev–Trinajstić information content (AvgIpc) is 2.71.